The summed E-state index contributed by atoms with van der Waals surface area (Å²) in [5.41, 5.74) is 2.42. The molecule has 5 heteroatoms. The van der Waals surface area contributed by atoms with E-state index in [4.69, 9.17) is 9.47 Å². The second-order valence-corrected chi connectivity index (χ2v) is 6.58. The first-order chi connectivity index (χ1) is 11.0. The fraction of sp³-hybridized carbons (Fsp3) is 0.444. The van der Waals surface area contributed by atoms with Gasteiger partial charge in [0, 0.05) is 31.1 Å². The molecule has 5 nitrogen and oxygen atoms in total. The molecule has 1 spiro atoms. The van der Waals surface area contributed by atoms with Crippen molar-refractivity contribution in [3.05, 3.63) is 52.3 Å². The van der Waals surface area contributed by atoms with Gasteiger partial charge in [0.25, 0.3) is 0 Å². The van der Waals surface area contributed by atoms with Crippen LogP contribution in [-0.4, -0.2) is 43.2 Å². The van der Waals surface area contributed by atoms with Crippen LogP contribution in [0.4, 0.5) is 0 Å². The predicted molar refractivity (Wildman–Crippen MR) is 86.0 cm³/mol. The number of benzene rings is 1. The molecule has 0 radical (unpaired) electrons. The van der Waals surface area contributed by atoms with Crippen molar-refractivity contribution in [2.75, 3.05) is 27.3 Å². The SMILES string of the molecule is COc1cc2c(cc1O)CC[N+]1([O-])CC=C3C=C[C@H](OC)C[C@]321. The molecule has 23 heavy (non-hydrogen) atoms. The van der Waals surface area contributed by atoms with E-state index in [9.17, 15) is 10.3 Å². The van der Waals surface area contributed by atoms with E-state index in [2.05, 4.69) is 6.08 Å². The van der Waals surface area contributed by atoms with Gasteiger partial charge in [-0.15, -0.1) is 0 Å². The zero-order valence-electron chi connectivity index (χ0n) is 13.4. The van der Waals surface area contributed by atoms with Crippen molar-refractivity contribution in [2.45, 2.75) is 24.5 Å². The minimum absolute atomic E-state index is 0.0811. The molecule has 1 aromatic carbocycles. The highest BCUT2D eigenvalue weighted by Gasteiger charge is 2.57. The predicted octanol–water partition coefficient (Wildman–Crippen LogP) is 2.38. The second-order valence-electron chi connectivity index (χ2n) is 6.58. The van der Waals surface area contributed by atoms with Crippen LogP contribution in [0.25, 0.3) is 0 Å². The first-order valence-corrected chi connectivity index (χ1v) is 7.94. The van der Waals surface area contributed by atoms with Crippen molar-refractivity contribution in [3.63, 3.8) is 0 Å². The molecule has 4 rings (SSSR count). The summed E-state index contributed by atoms with van der Waals surface area (Å²) in [4.78, 5) is 0. The number of quaternary nitrogens is 1. The summed E-state index contributed by atoms with van der Waals surface area (Å²) in [7, 11) is 3.21. The third-order valence-electron chi connectivity index (χ3n) is 5.66. The van der Waals surface area contributed by atoms with E-state index >= 15 is 0 Å². The summed E-state index contributed by atoms with van der Waals surface area (Å²) in [6.07, 6.45) is 7.33. The molecule has 122 valence electrons. The summed E-state index contributed by atoms with van der Waals surface area (Å²) in [5.74, 6) is 0.549. The molecule has 0 bridgehead atoms. The number of aromatic hydroxyl groups is 1. The Morgan fingerprint density at radius 1 is 1.35 bits per heavy atom. The smallest absolute Gasteiger partial charge is 0.161 e. The highest BCUT2D eigenvalue weighted by Crippen LogP contribution is 2.56. The normalized spacial score (nSPS) is 34.4. The molecule has 0 saturated heterocycles. The van der Waals surface area contributed by atoms with Crippen molar-refractivity contribution in [3.8, 4) is 11.5 Å². The monoisotopic (exact) mass is 315 g/mol. The molecule has 0 saturated carbocycles. The number of methoxy groups -OCH3 is 2. The number of phenols is 1. The Labute approximate surface area is 135 Å². The third kappa shape index (κ3) is 1.78. The molecule has 0 amide bonds. The highest BCUT2D eigenvalue weighted by atomic mass is 16.6. The number of phenolic OH excluding ortho intramolecular Hbond substituents is 1. The van der Waals surface area contributed by atoms with Crippen LogP contribution in [0.3, 0.4) is 0 Å². The minimum Gasteiger partial charge on any atom is -0.632 e. The van der Waals surface area contributed by atoms with Gasteiger partial charge in [0.15, 0.2) is 17.0 Å². The lowest BCUT2D eigenvalue weighted by Crippen LogP contribution is -2.61. The number of hydrogen-bond acceptors (Lipinski definition) is 4. The Morgan fingerprint density at radius 3 is 2.91 bits per heavy atom. The first-order valence-electron chi connectivity index (χ1n) is 7.94. The van der Waals surface area contributed by atoms with Crippen molar-refractivity contribution >= 4 is 0 Å². The summed E-state index contributed by atoms with van der Waals surface area (Å²) in [6, 6.07) is 3.60. The third-order valence-corrected chi connectivity index (χ3v) is 5.66. The van der Waals surface area contributed by atoms with Gasteiger partial charge in [0.05, 0.1) is 26.3 Å². The Kier molecular flexibility index (Phi) is 3.10. The van der Waals surface area contributed by atoms with Crippen molar-refractivity contribution in [2.24, 2.45) is 0 Å². The topological polar surface area (TPSA) is 61.8 Å². The maximum Gasteiger partial charge on any atom is 0.161 e. The molecule has 3 aliphatic rings. The average Bonchev–Trinajstić information content (AvgIpc) is 2.87. The van der Waals surface area contributed by atoms with Gasteiger partial charge in [-0.3, -0.25) is 0 Å². The van der Waals surface area contributed by atoms with Gasteiger partial charge in [0.2, 0.25) is 0 Å². The zero-order chi connectivity index (χ0) is 16.2. The summed E-state index contributed by atoms with van der Waals surface area (Å²) < 4.78 is 10.6. The molecule has 1 aliphatic carbocycles. The highest BCUT2D eigenvalue weighted by molar-refractivity contribution is 5.55. The van der Waals surface area contributed by atoms with Crippen LogP contribution in [0, 0.1) is 5.21 Å². The van der Waals surface area contributed by atoms with Crippen molar-refractivity contribution in [1.29, 1.82) is 0 Å². The molecule has 1 N–H and O–H groups in total. The molecular weight excluding hydrogens is 294 g/mol. The van der Waals surface area contributed by atoms with Crippen LogP contribution < -0.4 is 4.74 Å². The fourth-order valence-corrected chi connectivity index (χ4v) is 4.46. The summed E-state index contributed by atoms with van der Waals surface area (Å²) >= 11 is 0. The van der Waals surface area contributed by atoms with Crippen LogP contribution in [-0.2, 0) is 16.7 Å². The molecule has 1 unspecified atom stereocenters. The molecule has 0 fully saturated rings. The number of hydrogen-bond donors (Lipinski definition) is 1. The number of fused-ring (bicyclic) bond motifs is 1. The van der Waals surface area contributed by atoms with E-state index in [1.807, 2.05) is 18.2 Å². The van der Waals surface area contributed by atoms with Gasteiger partial charge in [-0.1, -0.05) is 12.2 Å². The number of hydroxylamine groups is 3. The second kappa shape index (κ2) is 4.84. The molecule has 2 heterocycles. The minimum atomic E-state index is -0.649. The maximum absolute atomic E-state index is 13.6. The van der Waals surface area contributed by atoms with Gasteiger partial charge in [0.1, 0.15) is 0 Å². The lowest BCUT2D eigenvalue weighted by molar-refractivity contribution is -0.926. The first kappa shape index (κ1) is 14.8. The summed E-state index contributed by atoms with van der Waals surface area (Å²) in [5, 5.41) is 23.7. The van der Waals surface area contributed by atoms with Crippen LogP contribution in [0.15, 0.2) is 35.9 Å². The quantitative estimate of drug-likeness (QED) is 0.672. The van der Waals surface area contributed by atoms with Gasteiger partial charge in [-0.2, -0.15) is 0 Å². The Balaban J connectivity index is 1.97. The van der Waals surface area contributed by atoms with Crippen molar-refractivity contribution in [1.82, 2.24) is 0 Å². The zero-order valence-corrected chi connectivity index (χ0v) is 13.4. The molecule has 2 aliphatic heterocycles. The Hall–Kier alpha value is -1.82. The van der Waals surface area contributed by atoms with Gasteiger partial charge >= 0.3 is 0 Å². The van der Waals surface area contributed by atoms with E-state index in [-0.39, 0.29) is 16.5 Å². The van der Waals surface area contributed by atoms with E-state index < -0.39 is 5.54 Å². The van der Waals surface area contributed by atoms with Crippen LogP contribution >= 0.6 is 0 Å². The standard InChI is InChI=1S/C18H21NO4/c1-22-14-4-3-13-6-8-19(21)7-5-12-9-16(20)17(23-2)10-15(12)18(13,19)11-14/h3-4,6,9-10,14,20H,5,7-8,11H2,1-2H3/t14-,18-,19?/m0/s1. The van der Waals surface area contributed by atoms with Gasteiger partial charge in [-0.05, 0) is 23.8 Å². The fourth-order valence-electron chi connectivity index (χ4n) is 4.46. The molecule has 0 aromatic heterocycles. The number of nitrogens with zero attached hydrogens (tertiary/aromatic N) is 1. The van der Waals surface area contributed by atoms with E-state index in [0.717, 1.165) is 16.7 Å². The lowest BCUT2D eigenvalue weighted by Gasteiger charge is -2.58. The molecule has 1 aromatic rings. The largest absolute Gasteiger partial charge is 0.632 e. The average molecular weight is 315 g/mol. The van der Waals surface area contributed by atoms with E-state index in [0.29, 0.717) is 31.7 Å². The maximum atomic E-state index is 13.6. The number of rotatable bonds is 2. The van der Waals surface area contributed by atoms with Crippen LogP contribution in [0.2, 0.25) is 0 Å². The van der Waals surface area contributed by atoms with Crippen LogP contribution in [0.1, 0.15) is 17.5 Å². The Morgan fingerprint density at radius 2 is 2.17 bits per heavy atom. The van der Waals surface area contributed by atoms with Crippen LogP contribution in [0.5, 0.6) is 11.5 Å². The molecular formula is C18H21NO4. The van der Waals surface area contributed by atoms with E-state index in [1.165, 1.54) is 7.11 Å². The summed E-state index contributed by atoms with van der Waals surface area (Å²) in [6.45, 7) is 1.00. The Bertz CT molecular complexity index is 726. The van der Waals surface area contributed by atoms with Crippen molar-refractivity contribution < 1.29 is 19.2 Å². The molecule has 3 atom stereocenters. The van der Waals surface area contributed by atoms with Gasteiger partial charge < -0.3 is 24.4 Å². The lowest BCUT2D eigenvalue weighted by atomic mass is 9.71. The number of ether oxygens (including phenoxy) is 2. The van der Waals surface area contributed by atoms with E-state index in [1.54, 1.807) is 13.2 Å². The van der Waals surface area contributed by atoms with Gasteiger partial charge in [-0.25, -0.2) is 0 Å².